The van der Waals surface area contributed by atoms with E-state index in [1.54, 1.807) is 0 Å². The lowest BCUT2D eigenvalue weighted by molar-refractivity contribution is -0.120. The molecular weight excluding hydrogens is 322 g/mol. The molecule has 1 atom stereocenters. The number of rotatable bonds is 7. The zero-order chi connectivity index (χ0) is 16.9. The van der Waals surface area contributed by atoms with Gasteiger partial charge in [0, 0.05) is 18.5 Å². The molecule has 0 aromatic carbocycles. The van der Waals surface area contributed by atoms with E-state index in [1.165, 1.54) is 37.3 Å². The van der Waals surface area contributed by atoms with Gasteiger partial charge in [0.2, 0.25) is 5.91 Å². The summed E-state index contributed by atoms with van der Waals surface area (Å²) in [5, 5.41) is 5.79. The molecule has 3 heterocycles. The molecule has 1 amide bonds. The smallest absolute Gasteiger partial charge is 0.226 e. The molecule has 1 aliphatic heterocycles. The maximum absolute atomic E-state index is 12.1. The number of aryl methyl sites for hydroxylation is 1. The summed E-state index contributed by atoms with van der Waals surface area (Å²) in [6, 6.07) is 3.84. The molecule has 2 aromatic rings. The average Bonchev–Trinajstić information content (AvgIpc) is 3.27. The van der Waals surface area contributed by atoms with Crippen LogP contribution >= 0.6 is 11.3 Å². The summed E-state index contributed by atoms with van der Waals surface area (Å²) in [4.78, 5) is 19.1. The van der Waals surface area contributed by atoms with Gasteiger partial charge in [-0.05, 0) is 50.9 Å². The highest BCUT2D eigenvalue weighted by atomic mass is 32.1. The lowest BCUT2D eigenvalue weighted by Gasteiger charge is -2.20. The number of thiazole rings is 1. The Morgan fingerprint density at radius 1 is 1.42 bits per heavy atom. The Kier molecular flexibility index (Phi) is 5.68. The van der Waals surface area contributed by atoms with Gasteiger partial charge in [0.05, 0.1) is 12.1 Å². The first kappa shape index (κ1) is 17.2. The number of aromatic nitrogens is 1. The number of amides is 1. The molecule has 1 fully saturated rings. The van der Waals surface area contributed by atoms with Crippen molar-refractivity contribution in [2.45, 2.75) is 33.1 Å². The fourth-order valence-electron chi connectivity index (χ4n) is 3.04. The maximum Gasteiger partial charge on any atom is 0.226 e. The van der Waals surface area contributed by atoms with Crippen LogP contribution < -0.4 is 5.32 Å². The molecule has 0 bridgehead atoms. The topological polar surface area (TPSA) is 58.4 Å². The van der Waals surface area contributed by atoms with Gasteiger partial charge < -0.3 is 14.6 Å². The first-order chi connectivity index (χ1) is 11.6. The molecule has 2 aromatic heterocycles. The number of carbonyl (C=O) groups excluding carboxylic acids is 1. The molecule has 1 N–H and O–H groups in total. The molecule has 1 saturated heterocycles. The van der Waals surface area contributed by atoms with Crippen molar-refractivity contribution in [3.63, 3.8) is 0 Å². The number of nitrogens with one attached hydrogen (secondary N) is 1. The fraction of sp³-hybridized carbons (Fsp3) is 0.556. The quantitative estimate of drug-likeness (QED) is 0.836. The number of nitrogens with zero attached hydrogens (tertiary/aromatic N) is 2. The summed E-state index contributed by atoms with van der Waals surface area (Å²) >= 11 is 1.51. The van der Waals surface area contributed by atoms with Crippen LogP contribution in [0.1, 0.15) is 31.2 Å². The predicted molar refractivity (Wildman–Crippen MR) is 96.1 cm³/mol. The van der Waals surface area contributed by atoms with E-state index in [9.17, 15) is 4.79 Å². The highest BCUT2D eigenvalue weighted by Crippen LogP contribution is 2.25. The lowest BCUT2D eigenvalue weighted by Crippen LogP contribution is -2.35. The second kappa shape index (κ2) is 7.94. The van der Waals surface area contributed by atoms with Crippen LogP contribution in [0.15, 0.2) is 21.9 Å². The van der Waals surface area contributed by atoms with Crippen LogP contribution in [0.3, 0.4) is 0 Å². The van der Waals surface area contributed by atoms with Crippen LogP contribution in [0.5, 0.6) is 0 Å². The Labute approximate surface area is 147 Å². The summed E-state index contributed by atoms with van der Waals surface area (Å²) in [6.45, 7) is 8.30. The minimum Gasteiger partial charge on any atom is -0.459 e. The van der Waals surface area contributed by atoms with Crippen LogP contribution in [-0.2, 0) is 11.2 Å². The van der Waals surface area contributed by atoms with Crippen molar-refractivity contribution >= 4 is 17.2 Å². The van der Waals surface area contributed by atoms with Crippen LogP contribution in [0.2, 0.25) is 0 Å². The number of hydrogen-bond acceptors (Lipinski definition) is 5. The molecule has 6 heteroatoms. The number of likely N-dealkylation sites (tertiary alicyclic amines) is 1. The van der Waals surface area contributed by atoms with Crippen LogP contribution in [-0.4, -0.2) is 42.0 Å². The van der Waals surface area contributed by atoms with Gasteiger partial charge in [0.1, 0.15) is 5.76 Å². The Hall–Kier alpha value is -1.66. The van der Waals surface area contributed by atoms with Gasteiger partial charge in [-0.1, -0.05) is 6.92 Å². The first-order valence-electron chi connectivity index (χ1n) is 8.60. The number of hydrogen-bond donors (Lipinski definition) is 1. The van der Waals surface area contributed by atoms with Gasteiger partial charge >= 0.3 is 0 Å². The molecule has 24 heavy (non-hydrogen) atoms. The molecule has 0 radical (unpaired) electrons. The second-order valence-corrected chi connectivity index (χ2v) is 7.51. The van der Waals surface area contributed by atoms with Gasteiger partial charge in [0.25, 0.3) is 0 Å². The molecule has 5 nitrogen and oxygen atoms in total. The van der Waals surface area contributed by atoms with E-state index >= 15 is 0 Å². The van der Waals surface area contributed by atoms with Crippen LogP contribution in [0.4, 0.5) is 0 Å². The van der Waals surface area contributed by atoms with Gasteiger partial charge in [-0.3, -0.25) is 4.79 Å². The zero-order valence-electron chi connectivity index (χ0n) is 14.4. The van der Waals surface area contributed by atoms with Crippen molar-refractivity contribution in [2.75, 3.05) is 26.2 Å². The van der Waals surface area contributed by atoms with E-state index in [-0.39, 0.29) is 5.91 Å². The fourth-order valence-corrected chi connectivity index (χ4v) is 3.82. The Balaban J connectivity index is 1.44. The predicted octanol–water partition coefficient (Wildman–Crippen LogP) is 3.10. The third-order valence-electron chi connectivity index (χ3n) is 4.26. The maximum atomic E-state index is 12.1. The van der Waals surface area contributed by atoms with E-state index < -0.39 is 0 Å². The summed E-state index contributed by atoms with van der Waals surface area (Å²) in [6.07, 6.45) is 2.94. The summed E-state index contributed by atoms with van der Waals surface area (Å²) in [7, 11) is 0. The van der Waals surface area contributed by atoms with E-state index in [1.807, 2.05) is 24.4 Å². The lowest BCUT2D eigenvalue weighted by atomic mass is 10.1. The first-order valence-corrected chi connectivity index (χ1v) is 9.48. The van der Waals surface area contributed by atoms with E-state index in [2.05, 4.69) is 22.1 Å². The second-order valence-electron chi connectivity index (χ2n) is 6.65. The van der Waals surface area contributed by atoms with E-state index in [0.29, 0.717) is 12.3 Å². The Morgan fingerprint density at radius 2 is 2.21 bits per heavy atom. The highest BCUT2D eigenvalue weighted by Gasteiger charge is 2.16. The molecule has 130 valence electrons. The van der Waals surface area contributed by atoms with Gasteiger partial charge in [-0.15, -0.1) is 11.3 Å². The monoisotopic (exact) mass is 347 g/mol. The van der Waals surface area contributed by atoms with Crippen molar-refractivity contribution in [1.82, 2.24) is 15.2 Å². The van der Waals surface area contributed by atoms with E-state index in [0.717, 1.165) is 35.3 Å². The van der Waals surface area contributed by atoms with Crippen molar-refractivity contribution in [3.05, 3.63) is 29.0 Å². The Bertz CT molecular complexity index is 673. The largest absolute Gasteiger partial charge is 0.459 e. The Morgan fingerprint density at radius 3 is 2.92 bits per heavy atom. The van der Waals surface area contributed by atoms with Crippen molar-refractivity contribution in [1.29, 1.82) is 0 Å². The number of carbonyl (C=O) groups is 1. The highest BCUT2D eigenvalue weighted by molar-refractivity contribution is 7.13. The normalized spacial score (nSPS) is 16.4. The molecular formula is C18H25N3O2S. The minimum absolute atomic E-state index is 0.0377. The van der Waals surface area contributed by atoms with Gasteiger partial charge in [-0.2, -0.15) is 0 Å². The molecule has 0 saturated carbocycles. The summed E-state index contributed by atoms with van der Waals surface area (Å²) < 4.78 is 5.57. The van der Waals surface area contributed by atoms with Gasteiger partial charge in [0.15, 0.2) is 10.8 Å². The third-order valence-corrected chi connectivity index (χ3v) is 5.17. The third kappa shape index (κ3) is 4.68. The average molecular weight is 347 g/mol. The summed E-state index contributed by atoms with van der Waals surface area (Å²) in [5.74, 6) is 2.15. The SMILES string of the molecule is Cc1ccc(-c2nc(CC(=O)NC[C@@H](C)CN3CCCC3)cs2)o1. The summed E-state index contributed by atoms with van der Waals surface area (Å²) in [5.41, 5.74) is 0.800. The van der Waals surface area contributed by atoms with E-state index in [4.69, 9.17) is 4.42 Å². The van der Waals surface area contributed by atoms with Crippen molar-refractivity contribution in [3.8, 4) is 10.8 Å². The van der Waals surface area contributed by atoms with Crippen molar-refractivity contribution in [2.24, 2.45) is 5.92 Å². The molecule has 0 spiro atoms. The molecule has 0 unspecified atom stereocenters. The van der Waals surface area contributed by atoms with Crippen molar-refractivity contribution < 1.29 is 9.21 Å². The molecule has 1 aliphatic rings. The zero-order valence-corrected chi connectivity index (χ0v) is 15.2. The standard InChI is InChI=1S/C18H25N3O2S/c1-13(11-21-7-3-4-8-21)10-19-17(22)9-15-12-24-18(20-15)16-6-5-14(2)23-16/h5-6,12-13H,3-4,7-11H2,1-2H3,(H,19,22)/t13-/m1/s1. The molecule has 3 rings (SSSR count). The number of furan rings is 1. The minimum atomic E-state index is 0.0377. The van der Waals surface area contributed by atoms with Crippen LogP contribution in [0, 0.1) is 12.8 Å². The molecule has 0 aliphatic carbocycles. The van der Waals surface area contributed by atoms with Crippen LogP contribution in [0.25, 0.3) is 10.8 Å². The van der Waals surface area contributed by atoms with Gasteiger partial charge in [-0.25, -0.2) is 4.98 Å².